The number of nitrogens with zero attached hydrogens (tertiary/aromatic N) is 2. The van der Waals surface area contributed by atoms with Gasteiger partial charge in [0.05, 0.1) is 21.9 Å². The second-order valence-electron chi connectivity index (χ2n) is 3.36. The van der Waals surface area contributed by atoms with Gasteiger partial charge in [-0.25, -0.2) is 8.78 Å². The zero-order valence-electron chi connectivity index (χ0n) is 8.67. The van der Waals surface area contributed by atoms with Crippen LogP contribution >= 0.6 is 15.9 Å². The predicted molar refractivity (Wildman–Crippen MR) is 58.0 cm³/mol. The number of hydrogen-bond acceptors (Lipinski definition) is 2. The second kappa shape index (κ2) is 5.03. The third-order valence-electron chi connectivity index (χ3n) is 2.21. The monoisotopic (exact) mass is 281 g/mol. The van der Waals surface area contributed by atoms with Crippen molar-refractivity contribution in [2.45, 2.75) is 39.3 Å². The molecule has 0 spiro atoms. The number of aryl methyl sites for hydroxylation is 2. The van der Waals surface area contributed by atoms with Crippen LogP contribution in [0.3, 0.4) is 0 Å². The number of hydrogen-bond donors (Lipinski definition) is 1. The summed E-state index contributed by atoms with van der Waals surface area (Å²) >= 11 is 3.34. The smallest absolute Gasteiger partial charge is 0.253 e. The van der Waals surface area contributed by atoms with Crippen molar-refractivity contribution in [2.75, 3.05) is 0 Å². The molecule has 0 aromatic carbocycles. The van der Waals surface area contributed by atoms with Gasteiger partial charge in [0, 0.05) is 13.0 Å². The lowest BCUT2D eigenvalue weighted by atomic mass is 10.1. The van der Waals surface area contributed by atoms with Crippen molar-refractivity contribution in [1.29, 1.82) is 0 Å². The first-order chi connectivity index (χ1) is 6.97. The topological polar surface area (TPSA) is 43.8 Å². The summed E-state index contributed by atoms with van der Waals surface area (Å²) in [5.41, 5.74) is 6.88. The number of alkyl halides is 2. The molecule has 6 heteroatoms. The highest BCUT2D eigenvalue weighted by molar-refractivity contribution is 9.10. The van der Waals surface area contributed by atoms with Crippen molar-refractivity contribution in [3.05, 3.63) is 15.9 Å². The number of halogens is 3. The molecule has 0 saturated carbocycles. The van der Waals surface area contributed by atoms with Gasteiger partial charge in [0.25, 0.3) is 6.43 Å². The standard InChI is InChI=1S/C9H14BrF2N3/c1-3-15-7(4-6(13)9(11)12)8(10)5(2)14-15/h6,9H,3-4,13H2,1-2H3. The van der Waals surface area contributed by atoms with E-state index in [1.807, 2.05) is 13.8 Å². The van der Waals surface area contributed by atoms with Crippen LogP contribution in [-0.2, 0) is 13.0 Å². The van der Waals surface area contributed by atoms with Gasteiger partial charge in [-0.2, -0.15) is 5.10 Å². The van der Waals surface area contributed by atoms with Gasteiger partial charge < -0.3 is 5.73 Å². The van der Waals surface area contributed by atoms with Crippen LogP contribution in [0.5, 0.6) is 0 Å². The predicted octanol–water partition coefficient (Wildman–Crippen LogP) is 2.11. The maximum absolute atomic E-state index is 12.3. The van der Waals surface area contributed by atoms with E-state index in [1.165, 1.54) is 0 Å². The third kappa shape index (κ3) is 2.75. The molecule has 3 nitrogen and oxygen atoms in total. The van der Waals surface area contributed by atoms with E-state index in [0.29, 0.717) is 6.54 Å². The van der Waals surface area contributed by atoms with Gasteiger partial charge in [-0.05, 0) is 29.8 Å². The Morgan fingerprint density at radius 2 is 2.13 bits per heavy atom. The summed E-state index contributed by atoms with van der Waals surface area (Å²) in [4.78, 5) is 0. The minimum Gasteiger partial charge on any atom is -0.323 e. The molecule has 1 unspecified atom stereocenters. The summed E-state index contributed by atoms with van der Waals surface area (Å²) < 4.78 is 27.1. The molecule has 0 aliphatic carbocycles. The molecule has 0 radical (unpaired) electrons. The molecular formula is C9H14BrF2N3. The van der Waals surface area contributed by atoms with Crippen LogP contribution in [0, 0.1) is 6.92 Å². The van der Waals surface area contributed by atoms with E-state index in [0.717, 1.165) is 15.9 Å². The molecule has 0 bridgehead atoms. The molecule has 1 aromatic heterocycles. The zero-order chi connectivity index (χ0) is 11.6. The largest absolute Gasteiger partial charge is 0.323 e. The average molecular weight is 282 g/mol. The highest BCUT2D eigenvalue weighted by Crippen LogP contribution is 2.22. The highest BCUT2D eigenvalue weighted by Gasteiger charge is 2.20. The maximum Gasteiger partial charge on any atom is 0.253 e. The highest BCUT2D eigenvalue weighted by atomic mass is 79.9. The van der Waals surface area contributed by atoms with Gasteiger partial charge in [-0.3, -0.25) is 4.68 Å². The Kier molecular flexibility index (Phi) is 4.21. The quantitative estimate of drug-likeness (QED) is 0.919. The molecule has 15 heavy (non-hydrogen) atoms. The number of nitrogens with two attached hydrogens (primary N) is 1. The molecule has 0 amide bonds. The Morgan fingerprint density at radius 3 is 2.60 bits per heavy atom. The van der Waals surface area contributed by atoms with Gasteiger partial charge in [-0.1, -0.05) is 0 Å². The van der Waals surface area contributed by atoms with E-state index in [9.17, 15) is 8.78 Å². The molecule has 2 N–H and O–H groups in total. The third-order valence-corrected chi connectivity index (χ3v) is 3.24. The molecular weight excluding hydrogens is 268 g/mol. The Morgan fingerprint density at radius 1 is 1.53 bits per heavy atom. The molecule has 0 fully saturated rings. The van der Waals surface area contributed by atoms with E-state index in [1.54, 1.807) is 4.68 Å². The summed E-state index contributed by atoms with van der Waals surface area (Å²) in [6.07, 6.45) is -2.37. The molecule has 1 heterocycles. The van der Waals surface area contributed by atoms with Crippen LogP contribution in [-0.4, -0.2) is 22.2 Å². The Labute approximate surface area is 95.8 Å². The lowest BCUT2D eigenvalue weighted by molar-refractivity contribution is 0.115. The number of rotatable bonds is 4. The van der Waals surface area contributed by atoms with Gasteiger partial charge in [-0.15, -0.1) is 0 Å². The fraction of sp³-hybridized carbons (Fsp3) is 0.667. The van der Waals surface area contributed by atoms with E-state index >= 15 is 0 Å². The summed E-state index contributed by atoms with van der Waals surface area (Å²) in [7, 11) is 0. The first-order valence-electron chi connectivity index (χ1n) is 4.72. The van der Waals surface area contributed by atoms with Crippen LogP contribution in [0.1, 0.15) is 18.3 Å². The lowest BCUT2D eigenvalue weighted by Crippen LogP contribution is -2.32. The van der Waals surface area contributed by atoms with Crippen molar-refractivity contribution in [1.82, 2.24) is 9.78 Å². The van der Waals surface area contributed by atoms with E-state index in [4.69, 9.17) is 5.73 Å². The fourth-order valence-corrected chi connectivity index (χ4v) is 1.82. The summed E-state index contributed by atoms with van der Waals surface area (Å²) in [6, 6.07) is -1.14. The van der Waals surface area contributed by atoms with Crippen LogP contribution < -0.4 is 5.73 Å². The summed E-state index contributed by atoms with van der Waals surface area (Å²) in [6.45, 7) is 4.39. The van der Waals surface area contributed by atoms with E-state index in [-0.39, 0.29) is 6.42 Å². The molecule has 1 rings (SSSR count). The molecule has 0 aliphatic heterocycles. The van der Waals surface area contributed by atoms with Crippen LogP contribution in [0.25, 0.3) is 0 Å². The summed E-state index contributed by atoms with van der Waals surface area (Å²) in [5, 5.41) is 4.21. The molecule has 0 aliphatic rings. The first-order valence-corrected chi connectivity index (χ1v) is 5.52. The van der Waals surface area contributed by atoms with E-state index in [2.05, 4.69) is 21.0 Å². The zero-order valence-corrected chi connectivity index (χ0v) is 10.3. The Bertz CT molecular complexity index is 338. The van der Waals surface area contributed by atoms with Crippen molar-refractivity contribution in [3.8, 4) is 0 Å². The van der Waals surface area contributed by atoms with Gasteiger partial charge in [0.1, 0.15) is 0 Å². The Balaban J connectivity index is 2.92. The van der Waals surface area contributed by atoms with Gasteiger partial charge >= 0.3 is 0 Å². The molecule has 1 atom stereocenters. The number of aromatic nitrogens is 2. The van der Waals surface area contributed by atoms with Gasteiger partial charge in [0.15, 0.2) is 0 Å². The molecule has 1 aromatic rings. The van der Waals surface area contributed by atoms with Crippen molar-refractivity contribution in [2.24, 2.45) is 5.73 Å². The first kappa shape index (κ1) is 12.6. The Hall–Kier alpha value is -0.490. The summed E-state index contributed by atoms with van der Waals surface area (Å²) in [5.74, 6) is 0. The molecule has 0 saturated heterocycles. The normalized spacial score (nSPS) is 13.5. The van der Waals surface area contributed by atoms with E-state index < -0.39 is 12.5 Å². The molecule has 86 valence electrons. The minimum atomic E-state index is -2.50. The van der Waals surface area contributed by atoms with Crippen molar-refractivity contribution >= 4 is 15.9 Å². The minimum absolute atomic E-state index is 0.132. The lowest BCUT2D eigenvalue weighted by Gasteiger charge is -2.11. The SMILES string of the molecule is CCn1nc(C)c(Br)c1CC(N)C(F)F. The maximum atomic E-state index is 12.3. The van der Waals surface area contributed by atoms with Crippen molar-refractivity contribution in [3.63, 3.8) is 0 Å². The average Bonchev–Trinajstić information content (AvgIpc) is 2.45. The van der Waals surface area contributed by atoms with Crippen LogP contribution in [0.2, 0.25) is 0 Å². The fourth-order valence-electron chi connectivity index (χ4n) is 1.38. The van der Waals surface area contributed by atoms with Crippen LogP contribution in [0.4, 0.5) is 8.78 Å². The second-order valence-corrected chi connectivity index (χ2v) is 4.16. The van der Waals surface area contributed by atoms with Crippen molar-refractivity contribution < 1.29 is 8.78 Å². The van der Waals surface area contributed by atoms with Crippen LogP contribution in [0.15, 0.2) is 4.47 Å². The van der Waals surface area contributed by atoms with Gasteiger partial charge in [0.2, 0.25) is 0 Å².